The van der Waals surface area contributed by atoms with E-state index in [0.29, 0.717) is 23.3 Å². The van der Waals surface area contributed by atoms with Crippen LogP contribution in [0.4, 0.5) is 0 Å². The van der Waals surface area contributed by atoms with Crippen molar-refractivity contribution in [3.8, 4) is 17.4 Å². The van der Waals surface area contributed by atoms with Gasteiger partial charge in [0.05, 0.1) is 0 Å². The van der Waals surface area contributed by atoms with Crippen molar-refractivity contribution in [2.75, 3.05) is 13.1 Å². The van der Waals surface area contributed by atoms with Crippen molar-refractivity contribution >= 4 is 10.8 Å². The summed E-state index contributed by atoms with van der Waals surface area (Å²) < 4.78 is 6.17. The first kappa shape index (κ1) is 14.0. The highest BCUT2D eigenvalue weighted by molar-refractivity contribution is 5.89. The Hall–Kier alpha value is -2.67. The van der Waals surface area contributed by atoms with Gasteiger partial charge in [0, 0.05) is 24.4 Å². The quantitative estimate of drug-likeness (QED) is 0.677. The van der Waals surface area contributed by atoms with Crippen molar-refractivity contribution in [2.24, 2.45) is 5.92 Å². The van der Waals surface area contributed by atoms with Crippen molar-refractivity contribution < 1.29 is 4.74 Å². The van der Waals surface area contributed by atoms with E-state index >= 15 is 0 Å². The van der Waals surface area contributed by atoms with Gasteiger partial charge in [-0.3, -0.25) is 4.98 Å². The second-order valence-corrected chi connectivity index (χ2v) is 5.85. The number of nitrogens with zero attached hydrogens (tertiary/aromatic N) is 2. The minimum Gasteiger partial charge on any atom is -0.472 e. The Labute approximate surface area is 132 Å². The van der Waals surface area contributed by atoms with Crippen LogP contribution in [0, 0.1) is 5.92 Å². The lowest BCUT2D eigenvalue weighted by atomic mass is 10.1. The molecule has 0 radical (unpaired) electrons. The third-order valence-corrected chi connectivity index (χ3v) is 4.16. The van der Waals surface area contributed by atoms with Gasteiger partial charge >= 0.3 is 5.69 Å². The molecular formula is C16H17N5O2. The summed E-state index contributed by atoms with van der Waals surface area (Å²) in [6, 6.07) is 9.80. The maximum atomic E-state index is 11.3. The zero-order chi connectivity index (χ0) is 15.8. The largest absolute Gasteiger partial charge is 0.472 e. The number of hydrogen-bond donors (Lipinski definition) is 3. The van der Waals surface area contributed by atoms with E-state index in [1.807, 2.05) is 30.3 Å². The summed E-state index contributed by atoms with van der Waals surface area (Å²) in [5.41, 5.74) is 0.224. The number of fused-ring (bicyclic) bond motifs is 1. The monoisotopic (exact) mass is 311 g/mol. The fourth-order valence-electron chi connectivity index (χ4n) is 2.86. The van der Waals surface area contributed by atoms with Crippen LogP contribution in [-0.4, -0.2) is 39.4 Å². The Morgan fingerprint density at radius 1 is 1.26 bits per heavy atom. The molecule has 1 saturated heterocycles. The van der Waals surface area contributed by atoms with Crippen molar-refractivity contribution in [2.45, 2.75) is 13.0 Å². The van der Waals surface area contributed by atoms with Crippen LogP contribution in [0.2, 0.25) is 0 Å². The molecule has 0 bridgehead atoms. The molecule has 0 unspecified atom stereocenters. The molecule has 23 heavy (non-hydrogen) atoms. The molecule has 1 aromatic carbocycles. The van der Waals surface area contributed by atoms with Crippen LogP contribution in [-0.2, 0) is 0 Å². The molecule has 1 aliphatic heterocycles. The second kappa shape index (κ2) is 5.51. The predicted octanol–water partition coefficient (Wildman–Crippen LogP) is 1.30. The molecule has 7 heteroatoms. The van der Waals surface area contributed by atoms with Crippen LogP contribution >= 0.6 is 0 Å². The van der Waals surface area contributed by atoms with Gasteiger partial charge in [0.2, 0.25) is 5.88 Å². The summed E-state index contributed by atoms with van der Waals surface area (Å²) in [5.74, 6) is 1.40. The van der Waals surface area contributed by atoms with Crippen molar-refractivity contribution in [3.05, 3.63) is 40.8 Å². The molecule has 3 N–H and O–H groups in total. The molecule has 0 spiro atoms. The van der Waals surface area contributed by atoms with Gasteiger partial charge in [-0.05, 0) is 17.5 Å². The van der Waals surface area contributed by atoms with Crippen LogP contribution in [0.15, 0.2) is 35.1 Å². The van der Waals surface area contributed by atoms with Gasteiger partial charge in [-0.25, -0.2) is 14.9 Å². The highest BCUT2D eigenvalue weighted by atomic mass is 16.5. The molecular weight excluding hydrogens is 294 g/mol. The van der Waals surface area contributed by atoms with Crippen LogP contribution in [0.5, 0.6) is 5.88 Å². The maximum absolute atomic E-state index is 11.3. The SMILES string of the molecule is C[C@H]1CNC[C@@H]1Oc1nc(-c2n[nH]c(=O)[nH]2)cc2ccccc12. The Bertz CT molecular complexity index is 901. The number of rotatable bonds is 3. The molecule has 4 rings (SSSR count). The normalized spacial score (nSPS) is 20.9. The van der Waals surface area contributed by atoms with E-state index in [0.717, 1.165) is 23.9 Å². The number of benzene rings is 1. The molecule has 2 atom stereocenters. The number of aromatic amines is 2. The fraction of sp³-hybridized carbons (Fsp3) is 0.312. The van der Waals surface area contributed by atoms with Gasteiger partial charge in [0.15, 0.2) is 5.82 Å². The maximum Gasteiger partial charge on any atom is 0.340 e. The molecule has 3 heterocycles. The van der Waals surface area contributed by atoms with Gasteiger partial charge in [-0.1, -0.05) is 25.1 Å². The number of ether oxygens (including phenoxy) is 1. The molecule has 2 aromatic heterocycles. The van der Waals surface area contributed by atoms with E-state index in [4.69, 9.17) is 4.74 Å². The van der Waals surface area contributed by atoms with Crippen LogP contribution in [0.3, 0.4) is 0 Å². The standard InChI is InChI=1S/C16H17N5O2/c1-9-7-17-8-13(9)23-15-11-5-3-2-4-10(11)6-12(18-15)14-19-16(22)21-20-14/h2-6,9,13,17H,7-8H2,1H3,(H2,19,20,21,22)/t9-,13-/m0/s1. The van der Waals surface area contributed by atoms with Crippen molar-refractivity contribution in [3.63, 3.8) is 0 Å². The van der Waals surface area contributed by atoms with Crippen molar-refractivity contribution in [1.82, 2.24) is 25.5 Å². The van der Waals surface area contributed by atoms with E-state index in [2.05, 4.69) is 32.4 Å². The van der Waals surface area contributed by atoms with E-state index in [9.17, 15) is 4.79 Å². The smallest absolute Gasteiger partial charge is 0.340 e. The first-order chi connectivity index (χ1) is 11.2. The molecule has 3 aromatic rings. The highest BCUT2D eigenvalue weighted by Gasteiger charge is 2.26. The Kier molecular flexibility index (Phi) is 3.34. The Morgan fingerprint density at radius 2 is 2.13 bits per heavy atom. The lowest BCUT2D eigenvalue weighted by Crippen LogP contribution is -2.24. The average Bonchev–Trinajstić information content (AvgIpc) is 3.16. The molecule has 1 fully saturated rings. The van der Waals surface area contributed by atoms with Gasteiger partial charge in [-0.15, -0.1) is 0 Å². The Balaban J connectivity index is 1.82. The number of aromatic nitrogens is 4. The number of hydrogen-bond acceptors (Lipinski definition) is 5. The highest BCUT2D eigenvalue weighted by Crippen LogP contribution is 2.29. The van der Waals surface area contributed by atoms with Gasteiger partial charge < -0.3 is 10.1 Å². The summed E-state index contributed by atoms with van der Waals surface area (Å²) in [5, 5.41) is 11.6. The predicted molar refractivity (Wildman–Crippen MR) is 86.4 cm³/mol. The first-order valence-electron chi connectivity index (χ1n) is 7.63. The van der Waals surface area contributed by atoms with Gasteiger partial charge in [-0.2, -0.15) is 5.10 Å². The average molecular weight is 311 g/mol. The van der Waals surface area contributed by atoms with Crippen LogP contribution in [0.25, 0.3) is 22.3 Å². The number of H-pyrrole nitrogens is 2. The third-order valence-electron chi connectivity index (χ3n) is 4.16. The molecule has 0 saturated carbocycles. The molecule has 118 valence electrons. The summed E-state index contributed by atoms with van der Waals surface area (Å²) in [6.45, 7) is 3.90. The minimum atomic E-state index is -0.356. The Morgan fingerprint density at radius 3 is 2.87 bits per heavy atom. The van der Waals surface area contributed by atoms with E-state index in [1.165, 1.54) is 0 Å². The van der Waals surface area contributed by atoms with E-state index < -0.39 is 0 Å². The van der Waals surface area contributed by atoms with E-state index in [-0.39, 0.29) is 11.8 Å². The van der Waals surface area contributed by atoms with Gasteiger partial charge in [0.1, 0.15) is 11.8 Å². The third kappa shape index (κ3) is 2.59. The molecule has 0 amide bonds. The molecule has 1 aliphatic rings. The fourth-order valence-corrected chi connectivity index (χ4v) is 2.86. The summed E-state index contributed by atoms with van der Waals surface area (Å²) in [4.78, 5) is 18.5. The second-order valence-electron chi connectivity index (χ2n) is 5.85. The number of pyridine rings is 1. The van der Waals surface area contributed by atoms with Crippen LogP contribution < -0.4 is 15.7 Å². The zero-order valence-electron chi connectivity index (χ0n) is 12.7. The van der Waals surface area contributed by atoms with E-state index in [1.54, 1.807) is 0 Å². The van der Waals surface area contributed by atoms with Crippen molar-refractivity contribution in [1.29, 1.82) is 0 Å². The summed E-state index contributed by atoms with van der Waals surface area (Å²) >= 11 is 0. The summed E-state index contributed by atoms with van der Waals surface area (Å²) in [7, 11) is 0. The lowest BCUT2D eigenvalue weighted by Gasteiger charge is -2.18. The lowest BCUT2D eigenvalue weighted by molar-refractivity contribution is 0.178. The summed E-state index contributed by atoms with van der Waals surface area (Å²) in [6.07, 6.45) is 0.0828. The molecule has 7 nitrogen and oxygen atoms in total. The first-order valence-corrected chi connectivity index (χ1v) is 7.63. The molecule has 0 aliphatic carbocycles. The van der Waals surface area contributed by atoms with Crippen LogP contribution in [0.1, 0.15) is 6.92 Å². The van der Waals surface area contributed by atoms with Gasteiger partial charge in [0.25, 0.3) is 0 Å². The minimum absolute atomic E-state index is 0.0828. The zero-order valence-corrected chi connectivity index (χ0v) is 12.7. The topological polar surface area (TPSA) is 95.7 Å². The number of nitrogens with one attached hydrogen (secondary N) is 3.